The van der Waals surface area contributed by atoms with Gasteiger partial charge in [-0.05, 0) is 43.7 Å². The maximum absolute atomic E-state index is 14.6. The van der Waals surface area contributed by atoms with Crippen molar-refractivity contribution in [2.24, 2.45) is 0 Å². The smallest absolute Gasteiger partial charge is 0.273 e. The van der Waals surface area contributed by atoms with Gasteiger partial charge < -0.3 is 9.64 Å². The molecule has 0 bridgehead atoms. The minimum absolute atomic E-state index is 0.160. The fourth-order valence-corrected chi connectivity index (χ4v) is 3.50. The maximum atomic E-state index is 14.6. The van der Waals surface area contributed by atoms with Crippen LogP contribution in [0.25, 0.3) is 10.6 Å². The number of nitrogens with zero attached hydrogens (tertiary/aromatic N) is 2. The Morgan fingerprint density at radius 2 is 1.82 bits per heavy atom. The van der Waals surface area contributed by atoms with E-state index in [9.17, 15) is 13.6 Å². The Kier molecular flexibility index (Phi) is 6.36. The van der Waals surface area contributed by atoms with Gasteiger partial charge in [0, 0.05) is 30.1 Å². The van der Waals surface area contributed by atoms with Crippen molar-refractivity contribution < 1.29 is 18.3 Å². The largest absolute Gasteiger partial charge is 0.489 e. The molecule has 0 fully saturated rings. The van der Waals surface area contributed by atoms with Crippen molar-refractivity contribution in [3.8, 4) is 16.3 Å². The second-order valence-corrected chi connectivity index (χ2v) is 6.93. The van der Waals surface area contributed by atoms with Gasteiger partial charge in [-0.15, -0.1) is 11.3 Å². The van der Waals surface area contributed by atoms with Crippen molar-refractivity contribution in [1.29, 1.82) is 0 Å². The van der Waals surface area contributed by atoms with E-state index in [2.05, 4.69) is 4.98 Å². The number of halogens is 2. The summed E-state index contributed by atoms with van der Waals surface area (Å²) in [6.45, 7) is 5.20. The molecule has 3 rings (SSSR count). The third-order valence-corrected chi connectivity index (χ3v) is 5.14. The van der Waals surface area contributed by atoms with Gasteiger partial charge in [-0.25, -0.2) is 13.8 Å². The van der Waals surface area contributed by atoms with E-state index in [1.807, 2.05) is 13.8 Å². The molecule has 1 aromatic heterocycles. The molecule has 0 aliphatic rings. The van der Waals surface area contributed by atoms with Crippen LogP contribution in [0.2, 0.25) is 0 Å². The van der Waals surface area contributed by atoms with Crippen LogP contribution in [0.4, 0.5) is 8.78 Å². The van der Waals surface area contributed by atoms with Crippen molar-refractivity contribution in [1.82, 2.24) is 9.88 Å². The van der Waals surface area contributed by atoms with Crippen LogP contribution in [-0.2, 0) is 6.61 Å². The van der Waals surface area contributed by atoms with Gasteiger partial charge in [0.25, 0.3) is 5.91 Å². The summed E-state index contributed by atoms with van der Waals surface area (Å²) in [6.07, 6.45) is 0. The van der Waals surface area contributed by atoms with Crippen molar-refractivity contribution >= 4 is 17.2 Å². The molecule has 0 saturated heterocycles. The van der Waals surface area contributed by atoms with E-state index < -0.39 is 5.82 Å². The number of amides is 1. The Labute approximate surface area is 166 Å². The molecule has 1 heterocycles. The molecule has 3 aromatic rings. The van der Waals surface area contributed by atoms with Gasteiger partial charge in [0.15, 0.2) is 0 Å². The van der Waals surface area contributed by atoms with Crippen LogP contribution in [0.1, 0.15) is 29.9 Å². The van der Waals surface area contributed by atoms with Gasteiger partial charge in [0.2, 0.25) is 0 Å². The Morgan fingerprint density at radius 1 is 1.11 bits per heavy atom. The fraction of sp³-hybridized carbons (Fsp3) is 0.238. The number of aromatic nitrogens is 1. The lowest BCUT2D eigenvalue weighted by Gasteiger charge is -2.16. The molecule has 0 N–H and O–H groups in total. The third kappa shape index (κ3) is 4.54. The topological polar surface area (TPSA) is 42.4 Å². The molecular formula is C21H20F2N2O2S. The zero-order chi connectivity index (χ0) is 20.1. The van der Waals surface area contributed by atoms with Crippen LogP contribution in [0.5, 0.6) is 5.75 Å². The van der Waals surface area contributed by atoms with Crippen LogP contribution in [0.3, 0.4) is 0 Å². The summed E-state index contributed by atoms with van der Waals surface area (Å²) in [5.41, 5.74) is 1.42. The van der Waals surface area contributed by atoms with E-state index in [1.165, 1.54) is 29.5 Å². The van der Waals surface area contributed by atoms with Gasteiger partial charge in [-0.1, -0.05) is 12.1 Å². The number of hydrogen-bond acceptors (Lipinski definition) is 4. The molecule has 146 valence electrons. The van der Waals surface area contributed by atoms with Gasteiger partial charge in [-0.3, -0.25) is 4.79 Å². The molecule has 2 aromatic carbocycles. The number of thiazole rings is 1. The average Bonchev–Trinajstić information content (AvgIpc) is 3.18. The van der Waals surface area contributed by atoms with E-state index in [0.717, 1.165) is 5.56 Å². The van der Waals surface area contributed by atoms with Crippen LogP contribution >= 0.6 is 11.3 Å². The van der Waals surface area contributed by atoms with E-state index >= 15 is 0 Å². The first kappa shape index (κ1) is 19.9. The molecule has 7 heteroatoms. The normalized spacial score (nSPS) is 10.7. The highest BCUT2D eigenvalue weighted by Gasteiger charge is 2.18. The van der Waals surface area contributed by atoms with Crippen LogP contribution < -0.4 is 4.74 Å². The molecule has 0 saturated carbocycles. The lowest BCUT2D eigenvalue weighted by Crippen LogP contribution is -2.30. The number of carbonyl (C=O) groups excluding carboxylic acids is 1. The number of hydrogen-bond donors (Lipinski definition) is 0. The SMILES string of the molecule is CCN(CC)C(=O)c1csc(-c2ccc(OCc3ccc(F)cc3)cc2F)n1. The highest BCUT2D eigenvalue weighted by Crippen LogP contribution is 2.29. The average molecular weight is 402 g/mol. The summed E-state index contributed by atoms with van der Waals surface area (Å²) in [5, 5.41) is 2.09. The predicted octanol–water partition coefficient (Wildman–Crippen LogP) is 5.15. The molecule has 0 spiro atoms. The number of rotatable bonds is 7. The Morgan fingerprint density at radius 3 is 2.46 bits per heavy atom. The summed E-state index contributed by atoms with van der Waals surface area (Å²) in [6, 6.07) is 10.4. The quantitative estimate of drug-likeness (QED) is 0.549. The highest BCUT2D eigenvalue weighted by atomic mass is 32.1. The third-order valence-electron chi connectivity index (χ3n) is 4.26. The number of benzene rings is 2. The summed E-state index contributed by atoms with van der Waals surface area (Å²) in [7, 11) is 0. The van der Waals surface area contributed by atoms with Crippen molar-refractivity contribution in [3.63, 3.8) is 0 Å². The fourth-order valence-electron chi connectivity index (χ4n) is 2.67. The van der Waals surface area contributed by atoms with E-state index in [-0.39, 0.29) is 18.3 Å². The lowest BCUT2D eigenvalue weighted by atomic mass is 10.2. The number of ether oxygens (including phenoxy) is 1. The van der Waals surface area contributed by atoms with Crippen LogP contribution in [-0.4, -0.2) is 28.9 Å². The molecule has 0 atom stereocenters. The van der Waals surface area contributed by atoms with E-state index in [4.69, 9.17) is 4.74 Å². The van der Waals surface area contributed by atoms with Crippen molar-refractivity contribution in [2.75, 3.05) is 13.1 Å². The van der Waals surface area contributed by atoms with Crippen molar-refractivity contribution in [2.45, 2.75) is 20.5 Å². The lowest BCUT2D eigenvalue weighted by molar-refractivity contribution is 0.0768. The van der Waals surface area contributed by atoms with Crippen LogP contribution in [0, 0.1) is 11.6 Å². The maximum Gasteiger partial charge on any atom is 0.273 e. The Balaban J connectivity index is 1.72. The molecule has 4 nitrogen and oxygen atoms in total. The molecule has 0 aliphatic carbocycles. The van der Waals surface area contributed by atoms with Gasteiger partial charge in [0.1, 0.15) is 34.7 Å². The second kappa shape index (κ2) is 8.93. The number of carbonyl (C=O) groups is 1. The van der Waals surface area contributed by atoms with Gasteiger partial charge in [0.05, 0.1) is 0 Å². The zero-order valence-corrected chi connectivity index (χ0v) is 16.4. The Bertz CT molecular complexity index is 953. The summed E-state index contributed by atoms with van der Waals surface area (Å²) < 4.78 is 33.1. The molecular weight excluding hydrogens is 382 g/mol. The van der Waals surface area contributed by atoms with Gasteiger partial charge in [-0.2, -0.15) is 0 Å². The molecule has 0 radical (unpaired) electrons. The first-order chi connectivity index (χ1) is 13.5. The summed E-state index contributed by atoms with van der Waals surface area (Å²) in [4.78, 5) is 18.3. The van der Waals surface area contributed by atoms with Gasteiger partial charge >= 0.3 is 0 Å². The van der Waals surface area contributed by atoms with Crippen molar-refractivity contribution in [3.05, 3.63) is 70.7 Å². The molecule has 0 unspecified atom stereocenters. The first-order valence-corrected chi connectivity index (χ1v) is 9.81. The summed E-state index contributed by atoms with van der Waals surface area (Å²) in [5.74, 6) is -0.594. The summed E-state index contributed by atoms with van der Waals surface area (Å²) >= 11 is 1.23. The molecule has 0 aliphatic heterocycles. The standard InChI is InChI=1S/C21H20F2N2O2S/c1-3-25(4-2)21(26)19-13-28-20(24-19)17-10-9-16(11-18(17)23)27-12-14-5-7-15(22)8-6-14/h5-11,13H,3-4,12H2,1-2H3. The van der Waals surface area contributed by atoms with E-state index in [1.54, 1.807) is 34.5 Å². The van der Waals surface area contributed by atoms with E-state index in [0.29, 0.717) is 35.1 Å². The first-order valence-electron chi connectivity index (χ1n) is 8.93. The monoisotopic (exact) mass is 402 g/mol. The molecule has 28 heavy (non-hydrogen) atoms. The van der Waals surface area contributed by atoms with Crippen LogP contribution in [0.15, 0.2) is 47.8 Å². The zero-order valence-electron chi connectivity index (χ0n) is 15.6. The second-order valence-electron chi connectivity index (χ2n) is 6.07. The molecule has 1 amide bonds. The Hall–Kier alpha value is -2.80. The minimum Gasteiger partial charge on any atom is -0.489 e. The highest BCUT2D eigenvalue weighted by molar-refractivity contribution is 7.13. The minimum atomic E-state index is -0.479. The predicted molar refractivity (Wildman–Crippen MR) is 105 cm³/mol.